The van der Waals surface area contributed by atoms with Crippen LogP contribution in [0.5, 0.6) is 0 Å². The van der Waals surface area contributed by atoms with E-state index in [1.807, 2.05) is 27.7 Å². The molecule has 180 valence electrons. The first-order valence-electron chi connectivity index (χ1n) is 10.8. The molecule has 0 saturated carbocycles. The van der Waals surface area contributed by atoms with Gasteiger partial charge in [-0.1, -0.05) is 48.0 Å². The molecule has 0 radical (unpaired) electrons. The van der Waals surface area contributed by atoms with Crippen LogP contribution in [-0.2, 0) is 19.2 Å². The van der Waals surface area contributed by atoms with Crippen LogP contribution in [0, 0.1) is 17.8 Å². The molecule has 0 aromatic heterocycles. The molecule has 31 heavy (non-hydrogen) atoms. The van der Waals surface area contributed by atoms with Crippen LogP contribution in [0.2, 0.25) is 0 Å². The number of aliphatic hydroxyl groups excluding tert-OH is 1. The quantitative estimate of drug-likeness (QED) is 0.232. The van der Waals surface area contributed by atoms with Gasteiger partial charge < -0.3 is 31.9 Å². The van der Waals surface area contributed by atoms with Crippen molar-refractivity contribution in [3.8, 4) is 0 Å². The zero-order chi connectivity index (χ0) is 24.5. The molecule has 0 bridgehead atoms. The third kappa shape index (κ3) is 9.65. The van der Waals surface area contributed by atoms with Crippen LogP contribution in [0.15, 0.2) is 0 Å². The van der Waals surface area contributed by atoms with Crippen LogP contribution >= 0.6 is 0 Å². The molecule has 0 aromatic rings. The summed E-state index contributed by atoms with van der Waals surface area (Å²) in [6.45, 7) is 12.2. The summed E-state index contributed by atoms with van der Waals surface area (Å²) < 4.78 is 0. The highest BCUT2D eigenvalue weighted by Crippen LogP contribution is 2.11. The maximum absolute atomic E-state index is 12.9. The van der Waals surface area contributed by atoms with Crippen molar-refractivity contribution in [1.29, 1.82) is 0 Å². The minimum Gasteiger partial charge on any atom is -0.480 e. The topological polar surface area (TPSA) is 171 Å². The third-order valence-corrected chi connectivity index (χ3v) is 5.19. The highest BCUT2D eigenvalue weighted by Gasteiger charge is 2.33. The number of carboxylic acid groups (broad SMARTS) is 1. The van der Waals surface area contributed by atoms with Crippen LogP contribution in [0.3, 0.4) is 0 Å². The summed E-state index contributed by atoms with van der Waals surface area (Å²) in [5, 5.41) is 26.3. The van der Waals surface area contributed by atoms with E-state index in [-0.39, 0.29) is 17.8 Å². The Morgan fingerprint density at radius 1 is 0.839 bits per heavy atom. The van der Waals surface area contributed by atoms with E-state index in [0.29, 0.717) is 12.8 Å². The number of rotatable bonds is 13. The lowest BCUT2D eigenvalue weighted by Gasteiger charge is -2.28. The summed E-state index contributed by atoms with van der Waals surface area (Å²) in [6, 6.07) is -4.23. The SMILES string of the molecule is CCC(C)C(N)C(=O)NC(CC(C)C)C(=O)NC(C(=O)NC(C(=O)O)C(C)O)C(C)C. The van der Waals surface area contributed by atoms with Crippen LogP contribution in [-0.4, -0.2) is 64.2 Å². The number of amides is 3. The molecule has 7 N–H and O–H groups in total. The molecule has 10 nitrogen and oxygen atoms in total. The molecular weight excluding hydrogens is 404 g/mol. The van der Waals surface area contributed by atoms with Gasteiger partial charge in [-0.15, -0.1) is 0 Å². The molecule has 0 spiro atoms. The van der Waals surface area contributed by atoms with E-state index < -0.39 is 54.0 Å². The van der Waals surface area contributed by atoms with E-state index in [0.717, 1.165) is 0 Å². The van der Waals surface area contributed by atoms with Crippen LogP contribution in [0.4, 0.5) is 0 Å². The molecule has 0 aromatic carbocycles. The second-order valence-corrected chi connectivity index (χ2v) is 8.90. The van der Waals surface area contributed by atoms with Gasteiger partial charge in [0, 0.05) is 0 Å². The number of carboxylic acids is 1. The number of aliphatic hydroxyl groups is 1. The van der Waals surface area contributed by atoms with Crippen molar-refractivity contribution in [2.45, 2.75) is 91.6 Å². The number of hydrogen-bond donors (Lipinski definition) is 6. The predicted molar refractivity (Wildman–Crippen MR) is 117 cm³/mol. The van der Waals surface area contributed by atoms with E-state index in [9.17, 15) is 29.4 Å². The number of aliphatic carboxylic acids is 1. The Morgan fingerprint density at radius 2 is 1.35 bits per heavy atom. The molecule has 0 aliphatic heterocycles. The number of nitrogens with one attached hydrogen (secondary N) is 3. The fourth-order valence-corrected chi connectivity index (χ4v) is 2.90. The normalized spacial score (nSPS) is 17.3. The Bertz CT molecular complexity index is 623. The molecular formula is C21H40N4O6. The van der Waals surface area contributed by atoms with E-state index in [2.05, 4.69) is 16.0 Å². The standard InChI is InChI=1S/C21H40N4O6/c1-8-12(6)15(22)19(28)23-14(9-10(2)3)18(27)24-16(11(4)5)20(29)25-17(13(7)26)21(30)31/h10-17,26H,8-9,22H2,1-7H3,(H,23,28)(H,24,27)(H,25,29)(H,30,31). The first-order chi connectivity index (χ1) is 14.2. The van der Waals surface area contributed by atoms with Crippen molar-refractivity contribution < 1.29 is 29.4 Å². The summed E-state index contributed by atoms with van der Waals surface area (Å²) in [7, 11) is 0. The van der Waals surface area contributed by atoms with E-state index >= 15 is 0 Å². The second kappa shape index (κ2) is 13.3. The maximum atomic E-state index is 12.9. The average molecular weight is 445 g/mol. The lowest BCUT2D eigenvalue weighted by Crippen LogP contribution is -2.60. The summed E-state index contributed by atoms with van der Waals surface area (Å²) in [5.74, 6) is -3.48. The Balaban J connectivity index is 5.46. The Hall–Kier alpha value is -2.20. The summed E-state index contributed by atoms with van der Waals surface area (Å²) >= 11 is 0. The van der Waals surface area contributed by atoms with Crippen molar-refractivity contribution in [3.05, 3.63) is 0 Å². The van der Waals surface area contributed by atoms with Gasteiger partial charge >= 0.3 is 5.97 Å². The lowest BCUT2D eigenvalue weighted by molar-refractivity contribution is -0.145. The second-order valence-electron chi connectivity index (χ2n) is 8.90. The van der Waals surface area contributed by atoms with Gasteiger partial charge in [0.25, 0.3) is 0 Å². The van der Waals surface area contributed by atoms with Crippen LogP contribution in [0.25, 0.3) is 0 Å². The molecule has 0 fully saturated rings. The highest BCUT2D eigenvalue weighted by molar-refractivity contribution is 5.94. The van der Waals surface area contributed by atoms with Gasteiger partial charge in [-0.25, -0.2) is 4.79 Å². The molecule has 3 amide bonds. The molecule has 6 atom stereocenters. The van der Waals surface area contributed by atoms with Crippen molar-refractivity contribution in [2.75, 3.05) is 0 Å². The van der Waals surface area contributed by atoms with E-state index in [4.69, 9.17) is 5.73 Å². The van der Waals surface area contributed by atoms with E-state index in [1.54, 1.807) is 13.8 Å². The summed E-state index contributed by atoms with van der Waals surface area (Å²) in [6.07, 6.45) is -0.276. The highest BCUT2D eigenvalue weighted by atomic mass is 16.4. The van der Waals surface area contributed by atoms with Crippen molar-refractivity contribution in [2.24, 2.45) is 23.5 Å². The van der Waals surface area contributed by atoms with Gasteiger partial charge in [0.1, 0.15) is 12.1 Å². The summed E-state index contributed by atoms with van der Waals surface area (Å²) in [5.41, 5.74) is 5.97. The molecule has 6 unspecified atom stereocenters. The van der Waals surface area contributed by atoms with Crippen LogP contribution in [0.1, 0.15) is 61.3 Å². The van der Waals surface area contributed by atoms with Gasteiger partial charge in [0.2, 0.25) is 17.7 Å². The number of carbonyl (C=O) groups is 4. The Labute approximate surface area is 184 Å². The average Bonchev–Trinajstić information content (AvgIpc) is 2.66. The first kappa shape index (κ1) is 28.8. The molecule has 0 rings (SSSR count). The number of carbonyl (C=O) groups excluding carboxylic acids is 3. The summed E-state index contributed by atoms with van der Waals surface area (Å²) in [4.78, 5) is 49.3. The molecule has 0 aliphatic rings. The van der Waals surface area contributed by atoms with Gasteiger partial charge in [0.15, 0.2) is 6.04 Å². The number of nitrogens with two attached hydrogens (primary N) is 1. The molecule has 0 aliphatic carbocycles. The molecule has 0 saturated heterocycles. The minimum absolute atomic E-state index is 0.0645. The van der Waals surface area contributed by atoms with Gasteiger partial charge in [0.05, 0.1) is 12.1 Å². The maximum Gasteiger partial charge on any atom is 0.328 e. The Morgan fingerprint density at radius 3 is 1.74 bits per heavy atom. The zero-order valence-corrected chi connectivity index (χ0v) is 19.6. The van der Waals surface area contributed by atoms with Crippen molar-refractivity contribution in [1.82, 2.24) is 16.0 Å². The fourth-order valence-electron chi connectivity index (χ4n) is 2.90. The van der Waals surface area contributed by atoms with E-state index in [1.165, 1.54) is 6.92 Å². The molecule has 0 heterocycles. The van der Waals surface area contributed by atoms with Gasteiger partial charge in [-0.2, -0.15) is 0 Å². The van der Waals surface area contributed by atoms with Crippen LogP contribution < -0.4 is 21.7 Å². The number of hydrogen-bond acceptors (Lipinski definition) is 6. The largest absolute Gasteiger partial charge is 0.480 e. The fraction of sp³-hybridized carbons (Fsp3) is 0.810. The monoisotopic (exact) mass is 444 g/mol. The predicted octanol–water partition coefficient (Wildman–Crippen LogP) is -0.0183. The first-order valence-corrected chi connectivity index (χ1v) is 10.8. The molecule has 10 heteroatoms. The zero-order valence-electron chi connectivity index (χ0n) is 19.6. The van der Waals surface area contributed by atoms with Crippen molar-refractivity contribution in [3.63, 3.8) is 0 Å². The smallest absolute Gasteiger partial charge is 0.328 e. The Kier molecular flexibility index (Phi) is 12.3. The minimum atomic E-state index is -1.51. The van der Waals surface area contributed by atoms with Gasteiger partial charge in [-0.3, -0.25) is 14.4 Å². The lowest BCUT2D eigenvalue weighted by atomic mass is 9.97. The van der Waals surface area contributed by atoms with Gasteiger partial charge in [-0.05, 0) is 31.1 Å². The van der Waals surface area contributed by atoms with Crippen molar-refractivity contribution >= 4 is 23.7 Å². The third-order valence-electron chi connectivity index (χ3n) is 5.19.